The average molecular weight is 346 g/mol. The second-order valence-corrected chi connectivity index (χ2v) is 7.75. The first kappa shape index (κ1) is 16.6. The van der Waals surface area contributed by atoms with Crippen molar-refractivity contribution in [3.05, 3.63) is 11.8 Å². The number of nitrogens with one attached hydrogen (secondary N) is 1. The number of fused-ring (bicyclic) bond motifs is 2. The van der Waals surface area contributed by atoms with Crippen molar-refractivity contribution in [1.82, 2.24) is 15.0 Å². The fourth-order valence-electron chi connectivity index (χ4n) is 4.72. The summed E-state index contributed by atoms with van der Waals surface area (Å²) >= 11 is 0. The number of carbonyl (C=O) groups is 2. The van der Waals surface area contributed by atoms with Crippen molar-refractivity contribution in [3.63, 3.8) is 0 Å². The molecule has 25 heavy (non-hydrogen) atoms. The Balaban J connectivity index is 1.23. The Kier molecular flexibility index (Phi) is 4.50. The predicted molar refractivity (Wildman–Crippen MR) is 91.8 cm³/mol. The van der Waals surface area contributed by atoms with Crippen LogP contribution in [0.3, 0.4) is 0 Å². The van der Waals surface area contributed by atoms with E-state index in [0.29, 0.717) is 29.9 Å². The zero-order valence-electron chi connectivity index (χ0n) is 14.7. The summed E-state index contributed by atoms with van der Waals surface area (Å²) < 4.78 is 4.94. The van der Waals surface area contributed by atoms with Crippen molar-refractivity contribution in [2.24, 2.45) is 17.8 Å². The Labute approximate surface area is 147 Å². The van der Waals surface area contributed by atoms with Gasteiger partial charge < -0.3 is 14.7 Å². The fraction of sp³-hybridized carbons (Fsp3) is 0.722. The number of hydrogen-bond acceptors (Lipinski definition) is 5. The number of carbonyl (C=O) groups excluding carboxylic acids is 2. The van der Waals surface area contributed by atoms with Crippen LogP contribution in [0.5, 0.6) is 0 Å². The molecular formula is C18H26N4O3. The lowest BCUT2D eigenvalue weighted by Crippen LogP contribution is -2.52. The Morgan fingerprint density at radius 2 is 2.04 bits per heavy atom. The smallest absolute Gasteiger partial charge is 0.239 e. The quantitative estimate of drug-likeness (QED) is 0.894. The summed E-state index contributed by atoms with van der Waals surface area (Å²) in [5.74, 6) is 3.08. The molecule has 0 unspecified atom stereocenters. The molecular weight excluding hydrogens is 320 g/mol. The van der Waals surface area contributed by atoms with Crippen molar-refractivity contribution < 1.29 is 14.1 Å². The number of nitrogens with zero attached hydrogens (tertiary/aromatic N) is 3. The van der Waals surface area contributed by atoms with Crippen LogP contribution < -0.4 is 5.32 Å². The first-order valence-corrected chi connectivity index (χ1v) is 9.33. The lowest BCUT2D eigenvalue weighted by atomic mass is 9.87. The van der Waals surface area contributed by atoms with E-state index in [2.05, 4.69) is 15.4 Å². The van der Waals surface area contributed by atoms with Crippen LogP contribution in [0.15, 0.2) is 10.6 Å². The molecule has 0 spiro atoms. The molecule has 2 heterocycles. The van der Waals surface area contributed by atoms with Gasteiger partial charge in [0.15, 0.2) is 5.82 Å². The first-order valence-electron chi connectivity index (χ1n) is 9.33. The van der Waals surface area contributed by atoms with Gasteiger partial charge in [0.25, 0.3) is 0 Å². The van der Waals surface area contributed by atoms with Crippen LogP contribution in [-0.4, -0.2) is 59.5 Å². The Hall–Kier alpha value is -1.89. The summed E-state index contributed by atoms with van der Waals surface area (Å²) in [6.45, 7) is 5.05. The molecule has 4 rings (SSSR count). The van der Waals surface area contributed by atoms with E-state index in [1.54, 1.807) is 13.0 Å². The molecule has 3 aliphatic rings. The molecule has 3 atom stereocenters. The third-order valence-corrected chi connectivity index (χ3v) is 6.00. The molecule has 7 heteroatoms. The number of hydrogen-bond donors (Lipinski definition) is 1. The maximum absolute atomic E-state index is 12.8. The van der Waals surface area contributed by atoms with E-state index in [9.17, 15) is 9.59 Å². The average Bonchev–Trinajstić information content (AvgIpc) is 3.32. The van der Waals surface area contributed by atoms with Gasteiger partial charge in [-0.15, -0.1) is 0 Å². The number of piperazine rings is 1. The second kappa shape index (κ2) is 6.78. The molecule has 2 saturated carbocycles. The van der Waals surface area contributed by atoms with E-state index in [1.807, 2.05) is 4.90 Å². The number of anilines is 1. The minimum atomic E-state index is -0.0961. The SMILES string of the molecule is Cc1cc(NC(=O)CN2CCN(C(=O)[C@@H]3C[C@H]4CC[C@H]3C4)CC2)no1. The minimum absolute atomic E-state index is 0.0961. The van der Waals surface area contributed by atoms with Crippen LogP contribution in [0.25, 0.3) is 0 Å². The third kappa shape index (κ3) is 3.56. The molecule has 3 fully saturated rings. The van der Waals surface area contributed by atoms with E-state index < -0.39 is 0 Å². The lowest BCUT2D eigenvalue weighted by molar-refractivity contribution is -0.139. The van der Waals surface area contributed by atoms with Gasteiger partial charge in [0.1, 0.15) is 5.76 Å². The molecule has 1 aromatic rings. The van der Waals surface area contributed by atoms with Crippen molar-refractivity contribution in [3.8, 4) is 0 Å². The summed E-state index contributed by atoms with van der Waals surface area (Å²) in [7, 11) is 0. The van der Waals surface area contributed by atoms with Crippen molar-refractivity contribution >= 4 is 17.6 Å². The molecule has 136 valence electrons. The van der Waals surface area contributed by atoms with Crippen LogP contribution >= 0.6 is 0 Å². The molecule has 2 amide bonds. The van der Waals surface area contributed by atoms with E-state index in [4.69, 9.17) is 4.52 Å². The summed E-state index contributed by atoms with van der Waals surface area (Å²) in [6.07, 6.45) is 4.92. The van der Waals surface area contributed by atoms with Gasteiger partial charge >= 0.3 is 0 Å². The van der Waals surface area contributed by atoms with Gasteiger partial charge in [-0.2, -0.15) is 0 Å². The molecule has 2 bridgehead atoms. The van der Waals surface area contributed by atoms with Gasteiger partial charge in [-0.25, -0.2) is 0 Å². The summed E-state index contributed by atoms with van der Waals surface area (Å²) in [5.41, 5.74) is 0. The van der Waals surface area contributed by atoms with Gasteiger partial charge in [-0.05, 0) is 38.0 Å². The van der Waals surface area contributed by atoms with Gasteiger partial charge in [-0.1, -0.05) is 11.6 Å². The Morgan fingerprint density at radius 3 is 2.64 bits per heavy atom. The van der Waals surface area contributed by atoms with Crippen molar-refractivity contribution in [2.75, 3.05) is 38.0 Å². The molecule has 1 aromatic heterocycles. The molecule has 1 N–H and O–H groups in total. The highest BCUT2D eigenvalue weighted by Gasteiger charge is 2.44. The van der Waals surface area contributed by atoms with Crippen LogP contribution in [-0.2, 0) is 9.59 Å². The molecule has 1 saturated heterocycles. The van der Waals surface area contributed by atoms with E-state index in [0.717, 1.165) is 38.5 Å². The largest absolute Gasteiger partial charge is 0.360 e. The van der Waals surface area contributed by atoms with E-state index in [1.165, 1.54) is 19.3 Å². The summed E-state index contributed by atoms with van der Waals surface area (Å²) in [4.78, 5) is 29.0. The fourth-order valence-corrected chi connectivity index (χ4v) is 4.72. The van der Waals surface area contributed by atoms with Crippen LogP contribution in [0.1, 0.15) is 31.4 Å². The molecule has 7 nitrogen and oxygen atoms in total. The monoisotopic (exact) mass is 346 g/mol. The van der Waals surface area contributed by atoms with Crippen LogP contribution in [0.4, 0.5) is 5.82 Å². The number of amides is 2. The Bertz CT molecular complexity index is 651. The van der Waals surface area contributed by atoms with Gasteiger partial charge in [0.2, 0.25) is 11.8 Å². The van der Waals surface area contributed by atoms with Crippen LogP contribution in [0, 0.1) is 24.7 Å². The van der Waals surface area contributed by atoms with Gasteiger partial charge in [0.05, 0.1) is 6.54 Å². The predicted octanol–water partition coefficient (Wildman–Crippen LogP) is 1.50. The summed E-state index contributed by atoms with van der Waals surface area (Å²) in [5, 5.41) is 6.51. The van der Waals surface area contributed by atoms with Gasteiger partial charge in [-0.3, -0.25) is 14.5 Å². The molecule has 1 aliphatic heterocycles. The highest BCUT2D eigenvalue weighted by atomic mass is 16.5. The topological polar surface area (TPSA) is 78.7 Å². The molecule has 0 aromatic carbocycles. The lowest BCUT2D eigenvalue weighted by Gasteiger charge is -2.36. The zero-order chi connectivity index (χ0) is 17.4. The molecule has 2 aliphatic carbocycles. The van der Waals surface area contributed by atoms with Crippen LogP contribution in [0.2, 0.25) is 0 Å². The third-order valence-electron chi connectivity index (χ3n) is 6.00. The molecule has 0 radical (unpaired) electrons. The highest BCUT2D eigenvalue weighted by molar-refractivity contribution is 5.91. The number of rotatable bonds is 4. The maximum Gasteiger partial charge on any atom is 0.239 e. The standard InChI is InChI=1S/C18H26N4O3/c1-12-8-16(20-25-12)19-17(23)11-21-4-6-22(7-5-21)18(24)15-10-13-2-3-14(15)9-13/h8,13-15H,2-7,9-11H2,1H3,(H,19,20,23)/t13-,14-,15+/m0/s1. The van der Waals surface area contributed by atoms with Crippen molar-refractivity contribution in [1.29, 1.82) is 0 Å². The normalized spacial score (nSPS) is 29.2. The highest BCUT2D eigenvalue weighted by Crippen LogP contribution is 2.48. The second-order valence-electron chi connectivity index (χ2n) is 7.75. The van der Waals surface area contributed by atoms with Crippen molar-refractivity contribution in [2.45, 2.75) is 32.6 Å². The van der Waals surface area contributed by atoms with E-state index in [-0.39, 0.29) is 11.8 Å². The first-order chi connectivity index (χ1) is 12.1. The van der Waals surface area contributed by atoms with E-state index >= 15 is 0 Å². The minimum Gasteiger partial charge on any atom is -0.360 e. The van der Waals surface area contributed by atoms with Gasteiger partial charge in [0, 0.05) is 38.2 Å². The zero-order valence-corrected chi connectivity index (χ0v) is 14.7. The number of aromatic nitrogens is 1. The summed E-state index contributed by atoms with van der Waals surface area (Å²) in [6, 6.07) is 1.70. The number of aryl methyl sites for hydroxylation is 1. The Morgan fingerprint density at radius 1 is 1.24 bits per heavy atom. The maximum atomic E-state index is 12.8.